The molecule has 1 aliphatic carbocycles. The van der Waals surface area contributed by atoms with Gasteiger partial charge in [-0.15, -0.1) is 11.3 Å². The maximum absolute atomic E-state index is 15.5. The first kappa shape index (κ1) is 28.3. The molecule has 0 unspecified atom stereocenters. The van der Waals surface area contributed by atoms with Crippen molar-refractivity contribution in [2.75, 3.05) is 24.5 Å². The van der Waals surface area contributed by atoms with Crippen LogP contribution in [-0.2, 0) is 11.2 Å². The molecule has 7 rings (SSSR count). The topological polar surface area (TPSA) is 96.8 Å². The standard InChI is InChI=1S/C31H33FN6O2S.CH4/c1-18-21-8-12-41-27(21)7-10-37(18)30(40)25-14-26(19-3-4-19)38-29(34-25)15-24(35-38)22-6-5-20(13-23(22)32)36-11-9-31(2,17-36)16-28(33)39;/h5-6,8,12-15,18-19H,3-4,7,9-11,16-17H2,1-2H3,(H2,33,39);1H4/t18-,31+;/m1./s1. The van der Waals surface area contributed by atoms with E-state index in [-0.39, 0.29) is 36.5 Å². The lowest BCUT2D eigenvalue weighted by Gasteiger charge is -2.33. The van der Waals surface area contributed by atoms with Gasteiger partial charge in [-0.3, -0.25) is 9.59 Å². The van der Waals surface area contributed by atoms with E-state index >= 15 is 4.39 Å². The summed E-state index contributed by atoms with van der Waals surface area (Å²) in [5.74, 6) is -0.439. The predicted molar refractivity (Wildman–Crippen MR) is 163 cm³/mol. The molecule has 2 fully saturated rings. The molecule has 3 aliphatic rings. The van der Waals surface area contributed by atoms with Crippen LogP contribution in [0.3, 0.4) is 0 Å². The highest BCUT2D eigenvalue weighted by Crippen LogP contribution is 2.42. The van der Waals surface area contributed by atoms with E-state index in [1.165, 1.54) is 16.5 Å². The van der Waals surface area contributed by atoms with Gasteiger partial charge in [0.1, 0.15) is 11.5 Å². The van der Waals surface area contributed by atoms with Crippen molar-refractivity contribution in [3.8, 4) is 11.3 Å². The lowest BCUT2D eigenvalue weighted by molar-refractivity contribution is -0.119. The summed E-state index contributed by atoms with van der Waals surface area (Å²) in [5.41, 5.74) is 10.0. The minimum atomic E-state index is -0.368. The number of nitrogens with two attached hydrogens (primary N) is 1. The SMILES string of the molecule is C.C[C@@H]1c2ccsc2CCN1C(=O)c1cc(C2CC2)n2nc(-c3ccc(N4CC[C@@](C)(CC(N)=O)C4)cc3F)cc2n1. The number of hydrogen-bond donors (Lipinski definition) is 1. The molecular weight excluding hydrogens is 551 g/mol. The average Bonchev–Trinajstić information content (AvgIpc) is 3.31. The summed E-state index contributed by atoms with van der Waals surface area (Å²) in [6, 6.07) is 11.0. The fourth-order valence-electron chi connectivity index (χ4n) is 6.56. The van der Waals surface area contributed by atoms with Gasteiger partial charge in [-0.1, -0.05) is 14.4 Å². The van der Waals surface area contributed by atoms with Gasteiger partial charge in [0.05, 0.1) is 11.7 Å². The van der Waals surface area contributed by atoms with E-state index in [1.807, 2.05) is 24.0 Å². The van der Waals surface area contributed by atoms with E-state index in [0.717, 1.165) is 43.6 Å². The van der Waals surface area contributed by atoms with E-state index < -0.39 is 0 Å². The van der Waals surface area contributed by atoms with Gasteiger partial charge >= 0.3 is 0 Å². The third-order valence-electron chi connectivity index (χ3n) is 8.96. The molecule has 8 nitrogen and oxygen atoms in total. The molecule has 4 aromatic rings. The zero-order valence-corrected chi connectivity index (χ0v) is 24.1. The molecule has 2 aliphatic heterocycles. The Balaban J connectivity index is 0.00000316. The predicted octanol–water partition coefficient (Wildman–Crippen LogP) is 5.96. The number of rotatable bonds is 6. The van der Waals surface area contributed by atoms with Crippen LogP contribution in [0.1, 0.15) is 85.5 Å². The highest BCUT2D eigenvalue weighted by atomic mass is 32.1. The van der Waals surface area contributed by atoms with E-state index in [4.69, 9.17) is 15.8 Å². The van der Waals surface area contributed by atoms with Crippen molar-refractivity contribution < 1.29 is 14.0 Å². The summed E-state index contributed by atoms with van der Waals surface area (Å²) in [5, 5.41) is 6.86. The third-order valence-corrected chi connectivity index (χ3v) is 9.96. The lowest BCUT2D eigenvalue weighted by atomic mass is 9.86. The second kappa shape index (κ2) is 10.5. The highest BCUT2D eigenvalue weighted by Gasteiger charge is 2.36. The molecule has 1 saturated heterocycles. The van der Waals surface area contributed by atoms with E-state index in [0.29, 0.717) is 48.0 Å². The quantitative estimate of drug-likeness (QED) is 0.300. The summed E-state index contributed by atoms with van der Waals surface area (Å²) >= 11 is 1.75. The Hall–Kier alpha value is -3.79. The Labute approximate surface area is 249 Å². The molecule has 5 heterocycles. The number of amides is 2. The van der Waals surface area contributed by atoms with Gasteiger partial charge < -0.3 is 15.5 Å². The molecular formula is C32H37FN6O2S. The number of halogens is 1. The molecule has 220 valence electrons. The number of carbonyl (C=O) groups excluding carboxylic acids is 2. The van der Waals surface area contributed by atoms with Crippen molar-refractivity contribution in [2.45, 2.75) is 65.3 Å². The minimum Gasteiger partial charge on any atom is -0.371 e. The number of nitrogens with zero attached hydrogens (tertiary/aromatic N) is 5. The fraction of sp³-hybridized carbons (Fsp3) is 0.438. The van der Waals surface area contributed by atoms with Gasteiger partial charge in [-0.05, 0) is 79.3 Å². The molecule has 2 N–H and O–H groups in total. The Bertz CT molecular complexity index is 1690. The second-order valence-corrected chi connectivity index (χ2v) is 13.2. The average molecular weight is 589 g/mol. The largest absolute Gasteiger partial charge is 0.371 e. The first-order valence-corrected chi connectivity index (χ1v) is 15.2. The molecule has 0 bridgehead atoms. The normalized spacial score (nSPS) is 21.8. The number of carbonyl (C=O) groups is 2. The maximum Gasteiger partial charge on any atom is 0.273 e. The molecule has 42 heavy (non-hydrogen) atoms. The molecule has 10 heteroatoms. The molecule has 3 aromatic heterocycles. The minimum absolute atomic E-state index is 0. The third kappa shape index (κ3) is 4.95. The van der Waals surface area contributed by atoms with Gasteiger partial charge in [-0.25, -0.2) is 13.9 Å². The van der Waals surface area contributed by atoms with Crippen molar-refractivity contribution in [1.82, 2.24) is 19.5 Å². The van der Waals surface area contributed by atoms with Gasteiger partial charge in [0.15, 0.2) is 5.65 Å². The van der Waals surface area contributed by atoms with E-state index in [1.54, 1.807) is 28.0 Å². The smallest absolute Gasteiger partial charge is 0.273 e. The number of thiophene rings is 1. The lowest BCUT2D eigenvalue weighted by Crippen LogP contribution is -2.38. The van der Waals surface area contributed by atoms with Crippen LogP contribution < -0.4 is 10.6 Å². The van der Waals surface area contributed by atoms with E-state index in [2.05, 4.69) is 23.3 Å². The van der Waals surface area contributed by atoms with Crippen LogP contribution in [0.5, 0.6) is 0 Å². The fourth-order valence-corrected chi connectivity index (χ4v) is 7.52. The zero-order valence-electron chi connectivity index (χ0n) is 23.3. The van der Waals surface area contributed by atoms with Gasteiger partial charge in [-0.2, -0.15) is 5.10 Å². The Morgan fingerprint density at radius 1 is 1.17 bits per heavy atom. The van der Waals surface area contributed by atoms with Crippen LogP contribution in [0.25, 0.3) is 16.9 Å². The summed E-state index contributed by atoms with van der Waals surface area (Å²) < 4.78 is 17.3. The number of benzene rings is 1. The van der Waals surface area contributed by atoms with Crippen LogP contribution in [0, 0.1) is 11.2 Å². The summed E-state index contributed by atoms with van der Waals surface area (Å²) in [6.07, 6.45) is 4.07. The van der Waals surface area contributed by atoms with Crippen molar-refractivity contribution in [2.24, 2.45) is 11.1 Å². The Morgan fingerprint density at radius 3 is 2.71 bits per heavy atom. The van der Waals surface area contributed by atoms with Crippen molar-refractivity contribution in [1.29, 1.82) is 0 Å². The molecule has 2 amide bonds. The molecule has 2 atom stereocenters. The monoisotopic (exact) mass is 588 g/mol. The Morgan fingerprint density at radius 2 is 1.98 bits per heavy atom. The summed E-state index contributed by atoms with van der Waals surface area (Å²) in [4.78, 5) is 35.3. The van der Waals surface area contributed by atoms with Gasteiger partial charge in [0, 0.05) is 59.9 Å². The highest BCUT2D eigenvalue weighted by molar-refractivity contribution is 7.10. The molecule has 0 radical (unpaired) electrons. The first-order chi connectivity index (χ1) is 19.7. The van der Waals surface area contributed by atoms with Gasteiger partial charge in [0.25, 0.3) is 5.91 Å². The van der Waals surface area contributed by atoms with E-state index in [9.17, 15) is 9.59 Å². The second-order valence-electron chi connectivity index (χ2n) is 12.2. The van der Waals surface area contributed by atoms with Crippen molar-refractivity contribution in [3.63, 3.8) is 0 Å². The maximum atomic E-state index is 15.5. The number of aromatic nitrogens is 3. The number of anilines is 1. The first-order valence-electron chi connectivity index (χ1n) is 14.3. The van der Waals surface area contributed by atoms with Crippen molar-refractivity contribution >= 4 is 34.5 Å². The van der Waals surface area contributed by atoms with Crippen LogP contribution >= 0.6 is 11.3 Å². The van der Waals surface area contributed by atoms with Gasteiger partial charge in [0.2, 0.25) is 5.91 Å². The zero-order chi connectivity index (χ0) is 28.5. The molecule has 1 saturated carbocycles. The summed E-state index contributed by atoms with van der Waals surface area (Å²) in [7, 11) is 0. The molecule has 1 aromatic carbocycles. The van der Waals surface area contributed by atoms with Crippen molar-refractivity contribution in [3.05, 3.63) is 69.4 Å². The van der Waals surface area contributed by atoms with Crippen LogP contribution in [-0.4, -0.2) is 50.9 Å². The number of hydrogen-bond acceptors (Lipinski definition) is 6. The summed E-state index contributed by atoms with van der Waals surface area (Å²) in [6.45, 7) is 6.18. The Kier molecular flexibility index (Phi) is 7.07. The number of primary amides is 1. The van der Waals surface area contributed by atoms with Crippen LogP contribution in [0.4, 0.5) is 10.1 Å². The van der Waals surface area contributed by atoms with Crippen LogP contribution in [0.2, 0.25) is 0 Å². The van der Waals surface area contributed by atoms with Crippen LogP contribution in [0.15, 0.2) is 41.8 Å². The number of fused-ring (bicyclic) bond motifs is 2. The molecule has 0 spiro atoms.